The second-order valence-electron chi connectivity index (χ2n) is 9.81. The van der Waals surface area contributed by atoms with Gasteiger partial charge >= 0.3 is 0 Å². The minimum absolute atomic E-state index is 0.0368. The number of rotatable bonds is 9. The van der Waals surface area contributed by atoms with E-state index in [4.69, 9.17) is 23.4 Å². The summed E-state index contributed by atoms with van der Waals surface area (Å²) in [6.45, 7) is 5.59. The highest BCUT2D eigenvalue weighted by atomic mass is 16.6. The van der Waals surface area contributed by atoms with E-state index in [0.717, 1.165) is 6.42 Å². The molecule has 1 aromatic heterocycles. The molecule has 1 fully saturated rings. The fourth-order valence-corrected chi connectivity index (χ4v) is 4.68. The van der Waals surface area contributed by atoms with Gasteiger partial charge in [-0.1, -0.05) is 19.9 Å². The van der Waals surface area contributed by atoms with Crippen molar-refractivity contribution >= 4 is 17.4 Å². The fraction of sp³-hybridized carbons (Fsp3) is 0.333. The number of aliphatic hydroxyl groups is 1. The molecule has 1 N–H and O–H groups in total. The van der Waals surface area contributed by atoms with E-state index in [9.17, 15) is 14.7 Å². The highest BCUT2D eigenvalue weighted by molar-refractivity contribution is 6.46. The molecule has 1 amide bonds. The first kappa shape index (κ1) is 26.2. The third-order valence-corrected chi connectivity index (χ3v) is 6.72. The summed E-state index contributed by atoms with van der Waals surface area (Å²) < 4.78 is 28.2. The van der Waals surface area contributed by atoms with Gasteiger partial charge in [0.2, 0.25) is 0 Å². The third-order valence-electron chi connectivity index (χ3n) is 6.72. The number of nitrogens with zero attached hydrogens (tertiary/aromatic N) is 1. The van der Waals surface area contributed by atoms with E-state index in [0.29, 0.717) is 65.6 Å². The van der Waals surface area contributed by atoms with Gasteiger partial charge in [0.05, 0.1) is 38.1 Å². The summed E-state index contributed by atoms with van der Waals surface area (Å²) in [5.41, 5.74) is 0.868. The van der Waals surface area contributed by atoms with Crippen molar-refractivity contribution in [3.63, 3.8) is 0 Å². The van der Waals surface area contributed by atoms with Gasteiger partial charge in [-0.3, -0.25) is 9.59 Å². The molecule has 2 aliphatic heterocycles. The lowest BCUT2D eigenvalue weighted by Gasteiger charge is -2.25. The molecule has 0 radical (unpaired) electrons. The molecule has 0 unspecified atom stereocenters. The van der Waals surface area contributed by atoms with Gasteiger partial charge in [0, 0.05) is 5.56 Å². The van der Waals surface area contributed by atoms with Crippen LogP contribution in [-0.2, 0) is 16.1 Å². The van der Waals surface area contributed by atoms with Crippen molar-refractivity contribution in [3.05, 3.63) is 77.3 Å². The average Bonchev–Trinajstić information content (AvgIpc) is 3.55. The Labute approximate surface area is 226 Å². The number of ether oxygens (including phenoxy) is 4. The molecule has 5 rings (SSSR count). The van der Waals surface area contributed by atoms with Crippen molar-refractivity contribution in [2.24, 2.45) is 5.92 Å². The largest absolute Gasteiger partial charge is 0.507 e. The van der Waals surface area contributed by atoms with Crippen molar-refractivity contribution in [1.82, 2.24) is 4.90 Å². The molecule has 9 nitrogen and oxygen atoms in total. The summed E-state index contributed by atoms with van der Waals surface area (Å²) in [6, 6.07) is 12.7. The van der Waals surface area contributed by atoms with Crippen LogP contribution in [0.4, 0.5) is 0 Å². The maximum Gasteiger partial charge on any atom is 0.296 e. The molecule has 9 heteroatoms. The molecule has 0 spiro atoms. The second kappa shape index (κ2) is 11.1. The standard InChI is InChI=1S/C30H31NO8/c1-18(2)10-12-37-22-8-6-19(15-24(22)35-3)27-26(29(33)30(34)31(27)17-21-5-4-11-36-21)28(32)20-7-9-23-25(16-20)39-14-13-38-23/h4-9,11,15-16,18,27,32H,10,12-14,17H2,1-3H3/t27-/m0/s1. The van der Waals surface area contributed by atoms with Gasteiger partial charge in [0.25, 0.3) is 11.7 Å². The summed E-state index contributed by atoms with van der Waals surface area (Å²) in [7, 11) is 1.53. The number of hydrogen-bond donors (Lipinski definition) is 1. The number of benzene rings is 2. The normalized spacial score (nSPS) is 18.1. The predicted molar refractivity (Wildman–Crippen MR) is 142 cm³/mol. The first-order valence-electron chi connectivity index (χ1n) is 12.9. The van der Waals surface area contributed by atoms with Gasteiger partial charge in [-0.25, -0.2) is 0 Å². The zero-order chi connectivity index (χ0) is 27.5. The van der Waals surface area contributed by atoms with Crippen LogP contribution in [0.25, 0.3) is 5.76 Å². The van der Waals surface area contributed by atoms with Gasteiger partial charge in [-0.2, -0.15) is 0 Å². The van der Waals surface area contributed by atoms with Crippen LogP contribution in [0.1, 0.15) is 43.2 Å². The molecular formula is C30H31NO8. The van der Waals surface area contributed by atoms with Crippen LogP contribution in [0.5, 0.6) is 23.0 Å². The van der Waals surface area contributed by atoms with Crippen LogP contribution in [0.2, 0.25) is 0 Å². The van der Waals surface area contributed by atoms with Gasteiger partial charge in [0.1, 0.15) is 24.7 Å². The summed E-state index contributed by atoms with van der Waals surface area (Å²) >= 11 is 0. The van der Waals surface area contributed by atoms with Crippen molar-refractivity contribution in [2.75, 3.05) is 26.9 Å². The Morgan fingerprint density at radius 3 is 2.56 bits per heavy atom. The van der Waals surface area contributed by atoms with E-state index in [-0.39, 0.29) is 17.9 Å². The van der Waals surface area contributed by atoms with Crippen LogP contribution >= 0.6 is 0 Å². The zero-order valence-electron chi connectivity index (χ0n) is 22.1. The van der Waals surface area contributed by atoms with Crippen molar-refractivity contribution in [1.29, 1.82) is 0 Å². The Bertz CT molecular complexity index is 1390. The first-order chi connectivity index (χ1) is 18.9. The van der Waals surface area contributed by atoms with E-state index in [1.54, 1.807) is 48.5 Å². The number of Topliss-reactive ketones (excluding diaryl/α,β-unsaturated/α-hetero) is 1. The quantitative estimate of drug-likeness (QED) is 0.230. The Kier molecular flexibility index (Phi) is 7.49. The minimum atomic E-state index is -0.901. The Hall–Kier alpha value is -4.40. The Balaban J connectivity index is 1.58. The van der Waals surface area contributed by atoms with E-state index in [2.05, 4.69) is 13.8 Å². The van der Waals surface area contributed by atoms with Crippen LogP contribution in [0.3, 0.4) is 0 Å². The summed E-state index contributed by atoms with van der Waals surface area (Å²) in [5, 5.41) is 11.4. The van der Waals surface area contributed by atoms with Crippen LogP contribution in [0, 0.1) is 5.92 Å². The second-order valence-corrected chi connectivity index (χ2v) is 9.81. The molecule has 2 aromatic carbocycles. The number of carbonyl (C=O) groups excluding carboxylic acids is 2. The minimum Gasteiger partial charge on any atom is -0.507 e. The highest BCUT2D eigenvalue weighted by Gasteiger charge is 2.46. The number of carbonyl (C=O) groups is 2. The molecule has 0 aliphatic carbocycles. The SMILES string of the molecule is COc1cc([C@H]2C(=C(O)c3ccc4c(c3)OCCO4)C(=O)C(=O)N2Cc2ccco2)ccc1OCCC(C)C. The van der Waals surface area contributed by atoms with E-state index in [1.165, 1.54) is 18.3 Å². The molecule has 0 saturated carbocycles. The van der Waals surface area contributed by atoms with Crippen LogP contribution in [0.15, 0.2) is 64.8 Å². The smallest absolute Gasteiger partial charge is 0.296 e. The van der Waals surface area contributed by atoms with E-state index in [1.807, 2.05) is 0 Å². The van der Waals surface area contributed by atoms with Crippen LogP contribution < -0.4 is 18.9 Å². The topological polar surface area (TPSA) is 108 Å². The molecule has 0 bridgehead atoms. The maximum absolute atomic E-state index is 13.4. The summed E-state index contributed by atoms with van der Waals surface area (Å²) in [4.78, 5) is 28.1. The number of ketones is 1. The maximum atomic E-state index is 13.4. The van der Waals surface area contributed by atoms with Crippen molar-refractivity contribution in [2.45, 2.75) is 32.9 Å². The molecular weight excluding hydrogens is 502 g/mol. The lowest BCUT2D eigenvalue weighted by Crippen LogP contribution is -2.29. The van der Waals surface area contributed by atoms with Crippen molar-refractivity contribution < 1.29 is 38.1 Å². The van der Waals surface area contributed by atoms with E-state index < -0.39 is 17.7 Å². The molecule has 2 aliphatic rings. The average molecular weight is 534 g/mol. The van der Waals surface area contributed by atoms with Gasteiger partial charge in [-0.15, -0.1) is 0 Å². The summed E-state index contributed by atoms with van der Waals surface area (Å²) in [6.07, 6.45) is 2.38. The molecule has 3 heterocycles. The van der Waals surface area contributed by atoms with Gasteiger partial charge in [-0.05, 0) is 60.4 Å². The number of aliphatic hydroxyl groups excluding tert-OH is 1. The lowest BCUT2D eigenvalue weighted by molar-refractivity contribution is -0.140. The monoisotopic (exact) mass is 533 g/mol. The molecule has 39 heavy (non-hydrogen) atoms. The Morgan fingerprint density at radius 2 is 1.85 bits per heavy atom. The molecule has 1 atom stereocenters. The highest BCUT2D eigenvalue weighted by Crippen LogP contribution is 2.43. The van der Waals surface area contributed by atoms with Gasteiger partial charge in [0.15, 0.2) is 23.0 Å². The number of amides is 1. The number of hydrogen-bond acceptors (Lipinski definition) is 8. The fourth-order valence-electron chi connectivity index (χ4n) is 4.68. The number of likely N-dealkylation sites (tertiary alicyclic amines) is 1. The zero-order valence-corrected chi connectivity index (χ0v) is 22.1. The lowest BCUT2D eigenvalue weighted by atomic mass is 9.94. The number of fused-ring (bicyclic) bond motifs is 1. The third kappa shape index (κ3) is 5.30. The number of furan rings is 1. The summed E-state index contributed by atoms with van der Waals surface area (Å²) in [5.74, 6) is 1.15. The molecule has 204 valence electrons. The van der Waals surface area contributed by atoms with Gasteiger partial charge < -0.3 is 33.4 Å². The first-order valence-corrected chi connectivity index (χ1v) is 12.9. The molecule has 3 aromatic rings. The van der Waals surface area contributed by atoms with Crippen molar-refractivity contribution in [3.8, 4) is 23.0 Å². The Morgan fingerprint density at radius 1 is 1.05 bits per heavy atom. The molecule has 1 saturated heterocycles. The van der Waals surface area contributed by atoms with E-state index >= 15 is 0 Å². The predicted octanol–water partition coefficient (Wildman–Crippen LogP) is 5.11. The van der Waals surface area contributed by atoms with Crippen LogP contribution in [-0.4, -0.2) is 48.6 Å². The number of methoxy groups -OCH3 is 1.